The minimum Gasteiger partial charge on any atom is -0.504 e. The quantitative estimate of drug-likeness (QED) is 0.398. The second-order valence-electron chi connectivity index (χ2n) is 9.33. The molecule has 9 heteroatoms. The molecule has 3 amide bonds. The van der Waals surface area contributed by atoms with E-state index in [9.17, 15) is 14.7 Å². The fourth-order valence-electron chi connectivity index (χ4n) is 5.16. The number of hydrogen-bond acceptors (Lipinski definition) is 7. The summed E-state index contributed by atoms with van der Waals surface area (Å²) in [6.45, 7) is 3.28. The average molecular weight is 498 g/mol. The number of carbonyl (C=O) groups excluding carboxylic acids is 2. The molecule has 2 aromatic rings. The third kappa shape index (κ3) is 5.12. The van der Waals surface area contributed by atoms with Crippen LogP contribution in [0.25, 0.3) is 0 Å². The Morgan fingerprint density at radius 1 is 0.917 bits per heavy atom. The van der Waals surface area contributed by atoms with Crippen molar-refractivity contribution in [3.63, 3.8) is 0 Å². The summed E-state index contributed by atoms with van der Waals surface area (Å²) in [6.07, 6.45) is 1.81. The zero-order chi connectivity index (χ0) is 25.7. The molecule has 36 heavy (non-hydrogen) atoms. The van der Waals surface area contributed by atoms with Crippen LogP contribution in [-0.2, 0) is 22.6 Å². The fraction of sp³-hybridized carbons (Fsp3) is 0.481. The first-order valence-corrected chi connectivity index (χ1v) is 12.3. The summed E-state index contributed by atoms with van der Waals surface area (Å²) in [4.78, 5) is 32.7. The molecule has 1 spiro atoms. The largest absolute Gasteiger partial charge is 0.504 e. The summed E-state index contributed by atoms with van der Waals surface area (Å²) < 4.78 is 15.7. The number of likely N-dealkylation sites (tertiary alicyclic amines) is 1. The van der Waals surface area contributed by atoms with Crippen LogP contribution in [0, 0.1) is 0 Å². The Morgan fingerprint density at radius 2 is 1.61 bits per heavy atom. The van der Waals surface area contributed by atoms with Gasteiger partial charge in [-0.1, -0.05) is 18.2 Å². The Balaban J connectivity index is 1.49. The van der Waals surface area contributed by atoms with Crippen LogP contribution in [0.15, 0.2) is 42.5 Å². The van der Waals surface area contributed by atoms with Crippen LogP contribution in [0.5, 0.6) is 17.2 Å². The second kappa shape index (κ2) is 11.2. The van der Waals surface area contributed by atoms with Crippen LogP contribution in [0.3, 0.4) is 0 Å². The Kier molecular flexibility index (Phi) is 8.01. The Hall–Kier alpha value is -3.30. The summed E-state index contributed by atoms with van der Waals surface area (Å²) in [5.41, 5.74) is 1.07. The summed E-state index contributed by atoms with van der Waals surface area (Å²) in [6, 6.07) is 12.5. The van der Waals surface area contributed by atoms with E-state index in [-0.39, 0.29) is 24.2 Å². The van der Waals surface area contributed by atoms with Crippen LogP contribution in [0.1, 0.15) is 30.4 Å². The number of carbonyl (C=O) groups is 2. The Bertz CT molecular complexity index is 1070. The molecular weight excluding hydrogens is 462 g/mol. The molecule has 0 aromatic heterocycles. The van der Waals surface area contributed by atoms with Crippen molar-refractivity contribution in [2.75, 3.05) is 47.6 Å². The van der Waals surface area contributed by atoms with Gasteiger partial charge in [0.05, 0.1) is 20.8 Å². The van der Waals surface area contributed by atoms with E-state index in [4.69, 9.17) is 14.2 Å². The maximum Gasteiger partial charge on any atom is 0.327 e. The topological polar surface area (TPSA) is 91.8 Å². The van der Waals surface area contributed by atoms with Gasteiger partial charge in [-0.05, 0) is 54.7 Å². The SMILES string of the molecule is COCCCN1C(=O)N(Cc2ccc(OC)cc2)C(=O)C12CCN(Cc1ccc(O)c(OC)c1)CC2. The van der Waals surface area contributed by atoms with Gasteiger partial charge in [-0.25, -0.2) is 4.79 Å². The number of ether oxygens (including phenoxy) is 3. The molecule has 0 bridgehead atoms. The van der Waals surface area contributed by atoms with E-state index in [0.29, 0.717) is 57.8 Å². The summed E-state index contributed by atoms with van der Waals surface area (Å²) in [5, 5.41) is 9.88. The maximum absolute atomic E-state index is 13.8. The molecule has 194 valence electrons. The van der Waals surface area contributed by atoms with E-state index in [1.54, 1.807) is 25.2 Å². The van der Waals surface area contributed by atoms with Crippen molar-refractivity contribution in [1.82, 2.24) is 14.7 Å². The standard InChI is InChI=1S/C27H35N3O6/c1-34-16-4-13-30-26(33)29(19-20-5-8-22(35-2)9-6-20)25(32)27(30)11-14-28(15-12-27)18-21-7-10-23(31)24(17-21)36-3/h5-10,17,31H,4,11-16,18-19H2,1-3H3. The maximum atomic E-state index is 13.8. The third-order valence-electron chi connectivity index (χ3n) is 7.19. The highest BCUT2D eigenvalue weighted by molar-refractivity contribution is 6.07. The van der Waals surface area contributed by atoms with E-state index in [2.05, 4.69) is 4.90 Å². The van der Waals surface area contributed by atoms with Crippen molar-refractivity contribution >= 4 is 11.9 Å². The predicted molar refractivity (Wildman–Crippen MR) is 134 cm³/mol. The molecule has 0 saturated carbocycles. The highest BCUT2D eigenvalue weighted by Crippen LogP contribution is 2.39. The van der Waals surface area contributed by atoms with E-state index >= 15 is 0 Å². The lowest BCUT2D eigenvalue weighted by atomic mass is 9.85. The van der Waals surface area contributed by atoms with Crippen molar-refractivity contribution in [2.45, 2.75) is 37.9 Å². The van der Waals surface area contributed by atoms with Crippen molar-refractivity contribution < 1.29 is 28.9 Å². The Labute approximate surface area is 212 Å². The van der Waals surface area contributed by atoms with Crippen molar-refractivity contribution in [2.24, 2.45) is 0 Å². The van der Waals surface area contributed by atoms with E-state index in [1.165, 1.54) is 12.0 Å². The molecule has 2 heterocycles. The van der Waals surface area contributed by atoms with Gasteiger partial charge >= 0.3 is 6.03 Å². The lowest BCUT2D eigenvalue weighted by Crippen LogP contribution is -2.56. The molecule has 1 N–H and O–H groups in total. The summed E-state index contributed by atoms with van der Waals surface area (Å²) >= 11 is 0. The van der Waals surface area contributed by atoms with Gasteiger partial charge in [-0.2, -0.15) is 0 Å². The van der Waals surface area contributed by atoms with Crippen LogP contribution in [0.2, 0.25) is 0 Å². The van der Waals surface area contributed by atoms with Crippen molar-refractivity contribution in [3.05, 3.63) is 53.6 Å². The van der Waals surface area contributed by atoms with Crippen LogP contribution >= 0.6 is 0 Å². The molecule has 2 aliphatic heterocycles. The molecule has 0 radical (unpaired) electrons. The van der Waals surface area contributed by atoms with Gasteiger partial charge in [0.1, 0.15) is 11.3 Å². The highest BCUT2D eigenvalue weighted by atomic mass is 16.5. The zero-order valence-corrected chi connectivity index (χ0v) is 21.2. The molecule has 2 aromatic carbocycles. The number of aromatic hydroxyl groups is 1. The molecule has 9 nitrogen and oxygen atoms in total. The lowest BCUT2D eigenvalue weighted by Gasteiger charge is -2.42. The monoisotopic (exact) mass is 497 g/mol. The van der Waals surface area contributed by atoms with Gasteiger partial charge in [0.2, 0.25) is 0 Å². The molecule has 4 rings (SSSR count). The number of phenols is 1. The van der Waals surface area contributed by atoms with Gasteiger partial charge < -0.3 is 24.2 Å². The molecule has 0 atom stereocenters. The average Bonchev–Trinajstić information content (AvgIpc) is 3.08. The summed E-state index contributed by atoms with van der Waals surface area (Å²) in [7, 11) is 4.77. The van der Waals surface area contributed by atoms with E-state index in [0.717, 1.165) is 16.9 Å². The molecule has 0 aliphatic carbocycles. The minimum atomic E-state index is -0.833. The number of amides is 3. The van der Waals surface area contributed by atoms with E-state index in [1.807, 2.05) is 36.4 Å². The zero-order valence-electron chi connectivity index (χ0n) is 21.2. The number of phenolic OH excluding ortho intramolecular Hbond substituents is 1. The smallest absolute Gasteiger partial charge is 0.327 e. The number of methoxy groups -OCH3 is 3. The lowest BCUT2D eigenvalue weighted by molar-refractivity contribution is -0.136. The number of nitrogens with zero attached hydrogens (tertiary/aromatic N) is 3. The first-order chi connectivity index (χ1) is 17.4. The number of urea groups is 1. The van der Waals surface area contributed by atoms with Crippen LogP contribution in [-0.4, -0.2) is 84.9 Å². The van der Waals surface area contributed by atoms with Gasteiger partial charge in [-0.3, -0.25) is 14.6 Å². The molecule has 0 unspecified atom stereocenters. The highest BCUT2D eigenvalue weighted by Gasteiger charge is 2.57. The number of benzene rings is 2. The third-order valence-corrected chi connectivity index (χ3v) is 7.19. The van der Waals surface area contributed by atoms with Crippen molar-refractivity contribution in [3.8, 4) is 17.2 Å². The van der Waals surface area contributed by atoms with Crippen molar-refractivity contribution in [1.29, 1.82) is 0 Å². The van der Waals surface area contributed by atoms with E-state index < -0.39 is 5.54 Å². The predicted octanol–water partition coefficient (Wildman–Crippen LogP) is 3.24. The number of rotatable bonds is 10. The second-order valence-corrected chi connectivity index (χ2v) is 9.33. The number of hydrogen-bond donors (Lipinski definition) is 1. The molecule has 2 aliphatic rings. The number of piperidine rings is 1. The molecular formula is C27H35N3O6. The normalized spacial score (nSPS) is 17.8. The van der Waals surface area contributed by atoms with Gasteiger partial charge in [0.25, 0.3) is 5.91 Å². The first kappa shape index (κ1) is 25.8. The Morgan fingerprint density at radius 3 is 2.25 bits per heavy atom. The summed E-state index contributed by atoms with van der Waals surface area (Å²) in [5.74, 6) is 1.16. The van der Waals surface area contributed by atoms with Gasteiger partial charge in [0.15, 0.2) is 11.5 Å². The molecule has 2 fully saturated rings. The molecule has 2 saturated heterocycles. The van der Waals surface area contributed by atoms with Crippen LogP contribution in [0.4, 0.5) is 4.79 Å². The van der Waals surface area contributed by atoms with Gasteiger partial charge in [0, 0.05) is 39.9 Å². The minimum absolute atomic E-state index is 0.109. The number of imide groups is 1. The fourth-order valence-corrected chi connectivity index (χ4v) is 5.16. The van der Waals surface area contributed by atoms with Gasteiger partial charge in [-0.15, -0.1) is 0 Å². The van der Waals surface area contributed by atoms with Crippen LogP contribution < -0.4 is 9.47 Å². The first-order valence-electron chi connectivity index (χ1n) is 12.3.